The molecule has 1 fully saturated rings. The van der Waals surface area contributed by atoms with E-state index in [0.717, 1.165) is 23.5 Å². The fourth-order valence-electron chi connectivity index (χ4n) is 1.56. The lowest BCUT2D eigenvalue weighted by Crippen LogP contribution is -2.32. The minimum absolute atomic E-state index is 0.459. The van der Waals surface area contributed by atoms with Gasteiger partial charge in [0.1, 0.15) is 5.84 Å². The van der Waals surface area contributed by atoms with E-state index in [0.29, 0.717) is 6.04 Å². The number of nitrogens with zero attached hydrogens (tertiary/aromatic N) is 3. The Morgan fingerprint density at radius 2 is 2.47 bits per heavy atom. The van der Waals surface area contributed by atoms with E-state index >= 15 is 0 Å². The van der Waals surface area contributed by atoms with Crippen LogP contribution in [-0.4, -0.2) is 21.7 Å². The van der Waals surface area contributed by atoms with Crippen molar-refractivity contribution in [3.63, 3.8) is 0 Å². The van der Waals surface area contributed by atoms with E-state index in [1.807, 2.05) is 13.2 Å². The Morgan fingerprint density at radius 1 is 1.73 bits per heavy atom. The zero-order chi connectivity index (χ0) is 10.8. The minimum atomic E-state index is 0.459. The van der Waals surface area contributed by atoms with Crippen LogP contribution < -0.4 is 11.3 Å². The molecule has 0 aromatic carbocycles. The summed E-state index contributed by atoms with van der Waals surface area (Å²) in [7, 11) is 1.91. The van der Waals surface area contributed by atoms with E-state index in [1.165, 1.54) is 12.8 Å². The van der Waals surface area contributed by atoms with Crippen molar-refractivity contribution in [2.75, 3.05) is 0 Å². The number of nitrogens with two attached hydrogens (primary N) is 1. The highest BCUT2D eigenvalue weighted by atomic mass is 15.3. The largest absolute Gasteiger partial charge is 0.308 e. The second-order valence-corrected chi connectivity index (χ2v) is 3.87. The molecule has 3 N–H and O–H groups in total. The average Bonchev–Trinajstić information content (AvgIpc) is 2.97. The fraction of sp³-hybridized carbons (Fsp3) is 0.600. The van der Waals surface area contributed by atoms with Gasteiger partial charge in [0.25, 0.3) is 0 Å². The van der Waals surface area contributed by atoms with E-state index < -0.39 is 0 Å². The van der Waals surface area contributed by atoms with Crippen molar-refractivity contribution in [1.82, 2.24) is 15.2 Å². The standard InChI is InChI=1S/C10H17N5/c1-3-9-8(6-15(2)14-9)10(13-11)12-7-4-5-7/h6-7H,3-5,11H2,1-2H3,(H,12,13). The SMILES string of the molecule is CCc1nn(C)cc1C(=NC1CC1)NN. The summed E-state index contributed by atoms with van der Waals surface area (Å²) in [6.45, 7) is 2.08. The van der Waals surface area contributed by atoms with Crippen molar-refractivity contribution in [3.8, 4) is 0 Å². The molecule has 0 bridgehead atoms. The summed E-state index contributed by atoms with van der Waals surface area (Å²) in [6.07, 6.45) is 5.20. The summed E-state index contributed by atoms with van der Waals surface area (Å²) in [5, 5.41) is 4.37. The number of rotatable bonds is 3. The molecule has 82 valence electrons. The number of hydrazine groups is 1. The van der Waals surface area contributed by atoms with Crippen LogP contribution in [0.1, 0.15) is 31.0 Å². The van der Waals surface area contributed by atoms with Gasteiger partial charge in [-0.25, -0.2) is 5.84 Å². The van der Waals surface area contributed by atoms with Crippen molar-refractivity contribution in [2.45, 2.75) is 32.2 Å². The third kappa shape index (κ3) is 2.18. The third-order valence-electron chi connectivity index (χ3n) is 2.49. The molecule has 0 unspecified atom stereocenters. The molecular formula is C10H17N5. The Morgan fingerprint density at radius 3 is 3.00 bits per heavy atom. The second-order valence-electron chi connectivity index (χ2n) is 3.87. The van der Waals surface area contributed by atoms with Crippen LogP contribution in [0.3, 0.4) is 0 Å². The lowest BCUT2D eigenvalue weighted by atomic mass is 10.2. The average molecular weight is 207 g/mol. The molecule has 2 rings (SSSR count). The van der Waals surface area contributed by atoms with Crippen LogP contribution in [0, 0.1) is 0 Å². The van der Waals surface area contributed by atoms with Gasteiger partial charge in [0.05, 0.1) is 17.3 Å². The van der Waals surface area contributed by atoms with Gasteiger partial charge in [-0.15, -0.1) is 0 Å². The Balaban J connectivity index is 2.31. The van der Waals surface area contributed by atoms with Crippen LogP contribution in [0.5, 0.6) is 0 Å². The maximum atomic E-state index is 5.50. The van der Waals surface area contributed by atoms with Gasteiger partial charge in [-0.3, -0.25) is 9.67 Å². The smallest absolute Gasteiger partial charge is 0.146 e. The molecule has 0 atom stereocenters. The molecule has 0 amide bonds. The van der Waals surface area contributed by atoms with E-state index in [9.17, 15) is 0 Å². The molecule has 5 nitrogen and oxygen atoms in total. The molecule has 0 aliphatic heterocycles. The molecule has 0 saturated heterocycles. The maximum Gasteiger partial charge on any atom is 0.146 e. The van der Waals surface area contributed by atoms with Crippen LogP contribution in [0.4, 0.5) is 0 Å². The molecular weight excluding hydrogens is 190 g/mol. The minimum Gasteiger partial charge on any atom is -0.308 e. The Labute approximate surface area is 89.3 Å². The van der Waals surface area contributed by atoms with Crippen LogP contribution in [0.25, 0.3) is 0 Å². The van der Waals surface area contributed by atoms with E-state index in [1.54, 1.807) is 4.68 Å². The highest BCUT2D eigenvalue weighted by Crippen LogP contribution is 2.24. The molecule has 0 radical (unpaired) electrons. The van der Waals surface area contributed by atoms with Crippen LogP contribution in [0.15, 0.2) is 11.2 Å². The lowest BCUT2D eigenvalue weighted by molar-refractivity contribution is 0.746. The Bertz CT molecular complexity index is 375. The first-order chi connectivity index (χ1) is 7.24. The van der Waals surface area contributed by atoms with E-state index in [2.05, 4.69) is 22.4 Å². The monoisotopic (exact) mass is 207 g/mol. The van der Waals surface area contributed by atoms with Crippen LogP contribution in [-0.2, 0) is 13.5 Å². The lowest BCUT2D eigenvalue weighted by Gasteiger charge is -2.04. The van der Waals surface area contributed by atoms with Gasteiger partial charge in [0, 0.05) is 13.2 Å². The van der Waals surface area contributed by atoms with Crippen molar-refractivity contribution in [1.29, 1.82) is 0 Å². The molecule has 1 aliphatic carbocycles. The molecule has 15 heavy (non-hydrogen) atoms. The number of amidine groups is 1. The van der Waals surface area contributed by atoms with Gasteiger partial charge in [0.2, 0.25) is 0 Å². The van der Waals surface area contributed by atoms with Crippen molar-refractivity contribution >= 4 is 5.84 Å². The number of hydrogen-bond acceptors (Lipinski definition) is 3. The summed E-state index contributed by atoms with van der Waals surface area (Å²) >= 11 is 0. The summed E-state index contributed by atoms with van der Waals surface area (Å²) in [5.74, 6) is 6.26. The predicted molar refractivity (Wildman–Crippen MR) is 59.5 cm³/mol. The highest BCUT2D eigenvalue weighted by Gasteiger charge is 2.22. The number of aryl methyl sites for hydroxylation is 2. The second kappa shape index (κ2) is 4.02. The number of aromatic nitrogens is 2. The first-order valence-electron chi connectivity index (χ1n) is 5.32. The highest BCUT2D eigenvalue weighted by molar-refractivity contribution is 5.99. The van der Waals surface area contributed by atoms with Gasteiger partial charge in [-0.2, -0.15) is 5.10 Å². The van der Waals surface area contributed by atoms with Crippen molar-refractivity contribution in [3.05, 3.63) is 17.5 Å². The summed E-state index contributed by atoms with van der Waals surface area (Å²) < 4.78 is 1.80. The van der Waals surface area contributed by atoms with Gasteiger partial charge < -0.3 is 5.43 Å². The Hall–Kier alpha value is -1.36. The number of hydrogen-bond donors (Lipinski definition) is 2. The maximum absolute atomic E-state index is 5.50. The number of aliphatic imine (C=N–C) groups is 1. The van der Waals surface area contributed by atoms with Crippen molar-refractivity contribution < 1.29 is 0 Å². The molecule has 1 aromatic rings. The summed E-state index contributed by atoms with van der Waals surface area (Å²) in [5.41, 5.74) is 4.73. The number of nitrogens with one attached hydrogen (secondary N) is 1. The molecule has 1 aromatic heterocycles. The first-order valence-corrected chi connectivity index (χ1v) is 5.32. The normalized spacial score (nSPS) is 16.9. The van der Waals surface area contributed by atoms with Crippen molar-refractivity contribution in [2.24, 2.45) is 17.9 Å². The molecule has 0 spiro atoms. The van der Waals surface area contributed by atoms with Gasteiger partial charge in [-0.1, -0.05) is 6.92 Å². The Kier molecular flexibility index (Phi) is 2.73. The van der Waals surface area contributed by atoms with Gasteiger partial charge in [-0.05, 0) is 19.3 Å². The molecule has 5 heteroatoms. The van der Waals surface area contributed by atoms with Gasteiger partial charge in [0.15, 0.2) is 0 Å². The van der Waals surface area contributed by atoms with Crippen LogP contribution in [0.2, 0.25) is 0 Å². The summed E-state index contributed by atoms with van der Waals surface area (Å²) in [6, 6.07) is 0.459. The zero-order valence-electron chi connectivity index (χ0n) is 9.20. The molecule has 1 saturated carbocycles. The predicted octanol–water partition coefficient (Wildman–Crippen LogP) is 0.355. The van der Waals surface area contributed by atoms with E-state index in [-0.39, 0.29) is 0 Å². The molecule has 1 heterocycles. The third-order valence-corrected chi connectivity index (χ3v) is 2.49. The van der Waals surface area contributed by atoms with Crippen LogP contribution >= 0.6 is 0 Å². The van der Waals surface area contributed by atoms with E-state index in [4.69, 9.17) is 5.84 Å². The fourth-order valence-corrected chi connectivity index (χ4v) is 1.56. The zero-order valence-corrected chi connectivity index (χ0v) is 9.20. The summed E-state index contributed by atoms with van der Waals surface area (Å²) in [4.78, 5) is 4.53. The first kappa shape index (κ1) is 10.2. The molecule has 1 aliphatic rings. The topological polar surface area (TPSA) is 68.2 Å². The quantitative estimate of drug-likeness (QED) is 0.325. The van der Waals surface area contributed by atoms with Gasteiger partial charge >= 0.3 is 0 Å².